The summed E-state index contributed by atoms with van der Waals surface area (Å²) < 4.78 is 5.33. The summed E-state index contributed by atoms with van der Waals surface area (Å²) in [7, 11) is 0. The molecule has 2 aromatic rings. The van der Waals surface area contributed by atoms with E-state index in [4.69, 9.17) is 10.5 Å². The molecule has 0 saturated heterocycles. The minimum atomic E-state index is -1.14. The molecule has 4 N–H and O–H groups in total. The highest BCUT2D eigenvalue weighted by Gasteiger charge is 2.29. The van der Waals surface area contributed by atoms with E-state index in [1.54, 1.807) is 20.8 Å². The second-order valence-corrected chi connectivity index (χ2v) is 10.9. The topological polar surface area (TPSA) is 127 Å². The van der Waals surface area contributed by atoms with Crippen LogP contribution in [0, 0.1) is 5.92 Å². The monoisotopic (exact) mass is 613 g/mol. The first-order valence-corrected chi connectivity index (χ1v) is 13.8. The molecule has 0 amide bonds. The highest BCUT2D eigenvalue weighted by molar-refractivity contribution is 5.86. The van der Waals surface area contributed by atoms with Gasteiger partial charge in [-0.3, -0.25) is 14.4 Å². The first-order valence-electron chi connectivity index (χ1n) is 13.8. The number of ether oxygens (including phenoxy) is 1. The van der Waals surface area contributed by atoms with Crippen LogP contribution in [0.3, 0.4) is 0 Å². The van der Waals surface area contributed by atoms with Crippen LogP contribution in [0.25, 0.3) is 0 Å². The van der Waals surface area contributed by atoms with Gasteiger partial charge in [0.2, 0.25) is 0 Å². The van der Waals surface area contributed by atoms with Gasteiger partial charge in [0, 0.05) is 24.8 Å². The predicted molar refractivity (Wildman–Crippen MR) is 169 cm³/mol. The number of carbonyl (C=O) groups is 3. The van der Waals surface area contributed by atoms with Crippen LogP contribution in [-0.4, -0.2) is 51.6 Å². The number of aliphatic hydroxyl groups excluding tert-OH is 2. The first kappa shape index (κ1) is 40.8. The van der Waals surface area contributed by atoms with E-state index in [1.807, 2.05) is 74.5 Å². The molecule has 0 aliphatic heterocycles. The van der Waals surface area contributed by atoms with Gasteiger partial charge in [-0.25, -0.2) is 0 Å². The maximum Gasteiger partial charge on any atom is 0.306 e. The van der Waals surface area contributed by atoms with Crippen LogP contribution in [-0.2, 0) is 32.0 Å². The predicted octanol–water partition coefficient (Wildman–Crippen LogP) is 5.44. The number of ketones is 2. The van der Waals surface area contributed by atoms with Crippen molar-refractivity contribution in [3.63, 3.8) is 0 Å². The number of carbonyl (C=O) groups excluding carboxylic acids is 3. The van der Waals surface area contributed by atoms with Gasteiger partial charge in [-0.1, -0.05) is 74.5 Å². The van der Waals surface area contributed by atoms with Gasteiger partial charge < -0.3 is 20.7 Å². The van der Waals surface area contributed by atoms with Crippen molar-refractivity contribution in [2.24, 2.45) is 11.7 Å². The normalized spacial score (nSPS) is 13.6. The summed E-state index contributed by atoms with van der Waals surface area (Å²) in [5.74, 6) is -1.23. The SMILES string of the molecule is CCCC(=O)C(O)[C@@H](CC(=O)OC(C)(C)C)Cc1ccccc1.CCCC(=O)C(O)[C@@H](N)Cc1ccccc1.Cl.Cl. The fraction of sp³-hybridized carbons (Fsp3) is 0.531. The molecule has 0 radical (unpaired) electrons. The Balaban J connectivity index is 0. The minimum absolute atomic E-state index is 0. The van der Waals surface area contributed by atoms with E-state index < -0.39 is 29.8 Å². The van der Waals surface area contributed by atoms with E-state index in [1.165, 1.54) is 0 Å². The molecular weight excluding hydrogens is 565 g/mol. The van der Waals surface area contributed by atoms with Gasteiger partial charge in [0.15, 0.2) is 11.6 Å². The lowest BCUT2D eigenvalue weighted by Crippen LogP contribution is -2.41. The zero-order chi connectivity index (χ0) is 29.4. The molecule has 0 aliphatic rings. The molecule has 2 rings (SSSR count). The van der Waals surface area contributed by atoms with Crippen LogP contribution in [0.15, 0.2) is 60.7 Å². The molecule has 232 valence electrons. The third kappa shape index (κ3) is 17.3. The van der Waals surface area contributed by atoms with Gasteiger partial charge in [0.25, 0.3) is 0 Å². The van der Waals surface area contributed by atoms with Crippen LogP contribution in [0.1, 0.15) is 77.8 Å². The second kappa shape index (κ2) is 21.4. The summed E-state index contributed by atoms with van der Waals surface area (Å²) in [4.78, 5) is 35.6. The Kier molecular flexibility index (Phi) is 21.3. The third-order valence-corrected chi connectivity index (χ3v) is 6.01. The summed E-state index contributed by atoms with van der Waals surface area (Å²) >= 11 is 0. The average molecular weight is 615 g/mol. The second-order valence-electron chi connectivity index (χ2n) is 10.9. The lowest BCUT2D eigenvalue weighted by Gasteiger charge is -2.24. The Morgan fingerprint density at radius 2 is 1.17 bits per heavy atom. The Labute approximate surface area is 258 Å². The highest BCUT2D eigenvalue weighted by atomic mass is 35.5. The molecule has 0 aromatic heterocycles. The molecule has 2 aromatic carbocycles. The number of rotatable bonds is 14. The van der Waals surface area contributed by atoms with Gasteiger partial charge in [0.1, 0.15) is 17.8 Å². The van der Waals surface area contributed by atoms with E-state index in [-0.39, 0.29) is 48.8 Å². The van der Waals surface area contributed by atoms with Crippen LogP contribution in [0.4, 0.5) is 0 Å². The Hall–Kier alpha value is -2.29. The number of aliphatic hydroxyl groups is 2. The average Bonchev–Trinajstić information content (AvgIpc) is 2.88. The molecule has 0 bridgehead atoms. The molecule has 2 unspecified atom stereocenters. The van der Waals surface area contributed by atoms with Crippen LogP contribution in [0.2, 0.25) is 0 Å². The molecular formula is C32H49Cl2NO6. The van der Waals surface area contributed by atoms with E-state index >= 15 is 0 Å². The zero-order valence-corrected chi connectivity index (χ0v) is 26.6. The number of Topliss-reactive ketones (excluding diaryl/α,β-unsaturated/α-hetero) is 2. The van der Waals surface area contributed by atoms with Gasteiger partial charge >= 0.3 is 5.97 Å². The van der Waals surface area contributed by atoms with E-state index in [2.05, 4.69) is 0 Å². The van der Waals surface area contributed by atoms with Crippen LogP contribution >= 0.6 is 24.8 Å². The Morgan fingerprint density at radius 1 is 0.756 bits per heavy atom. The van der Waals surface area contributed by atoms with Crippen molar-refractivity contribution < 1.29 is 29.3 Å². The summed E-state index contributed by atoms with van der Waals surface area (Å²) in [6.45, 7) is 9.21. The van der Waals surface area contributed by atoms with Crippen molar-refractivity contribution >= 4 is 42.3 Å². The summed E-state index contributed by atoms with van der Waals surface area (Å²) in [6.07, 6.45) is 0.984. The summed E-state index contributed by atoms with van der Waals surface area (Å²) in [5.41, 5.74) is 7.26. The molecule has 0 aliphatic carbocycles. The van der Waals surface area contributed by atoms with Gasteiger partial charge in [-0.2, -0.15) is 0 Å². The maximum absolute atomic E-state index is 12.1. The number of hydrogen-bond donors (Lipinski definition) is 3. The Morgan fingerprint density at radius 3 is 1.59 bits per heavy atom. The van der Waals surface area contributed by atoms with E-state index in [0.29, 0.717) is 32.1 Å². The van der Waals surface area contributed by atoms with Gasteiger partial charge in [-0.15, -0.1) is 24.8 Å². The summed E-state index contributed by atoms with van der Waals surface area (Å²) in [6, 6.07) is 18.7. The molecule has 41 heavy (non-hydrogen) atoms. The standard InChI is InChI=1S/C19H28O4.C13H19NO2.2ClH/c1-5-9-16(20)18(22)15(12-14-10-7-6-8-11-14)13-17(21)23-19(2,3)4;1-2-6-12(15)13(16)11(14)9-10-7-4-3-5-8-10;;/h6-8,10-11,15,18,22H,5,9,12-13H2,1-4H3;3-5,7-8,11,13,16H,2,6,9,14H2,1H3;2*1H/t15-,18?;11-,13?;;/m10../s1. The smallest absolute Gasteiger partial charge is 0.306 e. The number of hydrogen-bond acceptors (Lipinski definition) is 7. The van der Waals surface area contributed by atoms with Gasteiger partial charge in [-0.05, 0) is 57.6 Å². The number of nitrogens with two attached hydrogens (primary N) is 1. The van der Waals surface area contributed by atoms with Crippen LogP contribution in [0.5, 0.6) is 0 Å². The zero-order valence-electron chi connectivity index (χ0n) is 25.0. The fourth-order valence-electron chi connectivity index (χ4n) is 4.10. The molecule has 0 saturated carbocycles. The number of halogens is 2. The van der Waals surface area contributed by atoms with Crippen molar-refractivity contribution in [2.75, 3.05) is 0 Å². The largest absolute Gasteiger partial charge is 0.460 e. The first-order chi connectivity index (χ1) is 18.4. The quantitative estimate of drug-likeness (QED) is 0.242. The molecule has 4 atom stereocenters. The van der Waals surface area contributed by atoms with Crippen molar-refractivity contribution in [2.45, 2.75) is 103 Å². The minimum Gasteiger partial charge on any atom is -0.460 e. The lowest BCUT2D eigenvalue weighted by atomic mass is 9.88. The molecule has 0 fully saturated rings. The molecule has 7 nitrogen and oxygen atoms in total. The number of esters is 1. The highest BCUT2D eigenvalue weighted by Crippen LogP contribution is 2.21. The number of benzene rings is 2. The van der Waals surface area contributed by atoms with Gasteiger partial charge in [0.05, 0.1) is 6.42 Å². The van der Waals surface area contributed by atoms with E-state index in [0.717, 1.165) is 17.5 Å². The summed E-state index contributed by atoms with van der Waals surface area (Å²) in [5, 5.41) is 20.1. The van der Waals surface area contributed by atoms with Crippen molar-refractivity contribution in [1.82, 2.24) is 0 Å². The molecule has 9 heteroatoms. The lowest BCUT2D eigenvalue weighted by molar-refractivity contribution is -0.157. The van der Waals surface area contributed by atoms with Crippen molar-refractivity contribution in [3.8, 4) is 0 Å². The third-order valence-electron chi connectivity index (χ3n) is 6.01. The van der Waals surface area contributed by atoms with Crippen LogP contribution < -0.4 is 5.73 Å². The molecule has 0 heterocycles. The van der Waals surface area contributed by atoms with E-state index in [9.17, 15) is 24.6 Å². The molecule has 0 spiro atoms. The fourth-order valence-corrected chi connectivity index (χ4v) is 4.10. The van der Waals surface area contributed by atoms with Crippen molar-refractivity contribution in [3.05, 3.63) is 71.8 Å². The Bertz CT molecular complexity index is 998. The maximum atomic E-state index is 12.1. The van der Waals surface area contributed by atoms with Crippen molar-refractivity contribution in [1.29, 1.82) is 0 Å².